The van der Waals surface area contributed by atoms with Crippen molar-refractivity contribution >= 4 is 24.0 Å². The summed E-state index contributed by atoms with van der Waals surface area (Å²) in [5.41, 5.74) is -0.136. The van der Waals surface area contributed by atoms with E-state index in [2.05, 4.69) is 10.6 Å². The molecule has 1 aliphatic rings. The Morgan fingerprint density at radius 2 is 1.79 bits per heavy atom. The molecule has 11 nitrogen and oxygen atoms in total. The fraction of sp³-hybridized carbons (Fsp3) is 0.261. The third-order valence-corrected chi connectivity index (χ3v) is 5.01. The highest BCUT2D eigenvalue weighted by Crippen LogP contribution is 2.27. The molecule has 2 amide bonds. The second-order valence-corrected chi connectivity index (χ2v) is 7.34. The molecule has 2 heterocycles. The molecule has 0 radical (unpaired) electrons. The normalized spacial score (nSPS) is 15.6. The lowest BCUT2D eigenvalue weighted by molar-refractivity contribution is -0.140. The van der Waals surface area contributed by atoms with Gasteiger partial charge in [0.15, 0.2) is 0 Å². The van der Waals surface area contributed by atoms with Gasteiger partial charge in [-0.2, -0.15) is 0 Å². The van der Waals surface area contributed by atoms with Crippen LogP contribution < -0.4 is 21.9 Å². The molecule has 0 aliphatic carbocycles. The summed E-state index contributed by atoms with van der Waals surface area (Å²) < 4.78 is 12.5. The predicted octanol–water partition coefficient (Wildman–Crippen LogP) is 0.512. The van der Waals surface area contributed by atoms with Gasteiger partial charge in [-0.3, -0.25) is 9.36 Å². The van der Waals surface area contributed by atoms with E-state index < -0.39 is 41.9 Å². The Morgan fingerprint density at radius 1 is 1.09 bits per heavy atom. The molecule has 11 heteroatoms. The minimum absolute atomic E-state index is 0.0795. The average molecular weight is 468 g/mol. The molecule has 0 bridgehead atoms. The van der Waals surface area contributed by atoms with Gasteiger partial charge in [-0.05, 0) is 18.6 Å². The van der Waals surface area contributed by atoms with Gasteiger partial charge in [0.05, 0.1) is 29.5 Å². The van der Waals surface area contributed by atoms with E-state index in [9.17, 15) is 24.0 Å². The zero-order valence-corrected chi connectivity index (χ0v) is 18.9. The maximum atomic E-state index is 12.7. The van der Waals surface area contributed by atoms with Gasteiger partial charge in [0.2, 0.25) is 0 Å². The SMILES string of the molecule is CCOC(=O)C1=C(COC(=O)/C=C/c2cn(C)c(=O)n(C)c2=O)NC(=O)N[C@H]1c1ccccc1. The topological polar surface area (TPSA) is 138 Å². The van der Waals surface area contributed by atoms with Crippen LogP contribution in [0.1, 0.15) is 24.1 Å². The molecule has 2 aromatic rings. The van der Waals surface area contributed by atoms with Crippen LogP contribution in [0.5, 0.6) is 0 Å². The molecule has 0 spiro atoms. The van der Waals surface area contributed by atoms with Crippen LogP contribution in [-0.4, -0.2) is 40.3 Å². The Bertz CT molecular complexity index is 1290. The van der Waals surface area contributed by atoms with E-state index in [4.69, 9.17) is 9.47 Å². The summed E-state index contributed by atoms with van der Waals surface area (Å²) in [6.07, 6.45) is 3.54. The van der Waals surface area contributed by atoms with Gasteiger partial charge in [-0.1, -0.05) is 30.3 Å². The molecule has 0 saturated carbocycles. The molecular weight excluding hydrogens is 444 g/mol. The first-order valence-corrected chi connectivity index (χ1v) is 10.4. The Morgan fingerprint density at radius 3 is 2.47 bits per heavy atom. The molecule has 1 aromatic carbocycles. The number of aryl methyl sites for hydroxylation is 1. The van der Waals surface area contributed by atoms with Crippen molar-refractivity contribution in [1.29, 1.82) is 0 Å². The molecule has 0 saturated heterocycles. The third kappa shape index (κ3) is 5.31. The van der Waals surface area contributed by atoms with Gasteiger partial charge in [-0.25, -0.2) is 19.2 Å². The van der Waals surface area contributed by atoms with E-state index in [-0.39, 0.29) is 23.4 Å². The fourth-order valence-electron chi connectivity index (χ4n) is 3.38. The number of urea groups is 1. The number of nitrogens with zero attached hydrogens (tertiary/aromatic N) is 2. The van der Waals surface area contributed by atoms with Gasteiger partial charge in [0.1, 0.15) is 6.61 Å². The predicted molar refractivity (Wildman–Crippen MR) is 121 cm³/mol. The maximum absolute atomic E-state index is 12.7. The number of carbonyl (C=O) groups excluding carboxylic acids is 3. The van der Waals surface area contributed by atoms with Gasteiger partial charge >= 0.3 is 23.7 Å². The van der Waals surface area contributed by atoms with Gasteiger partial charge in [0, 0.05) is 26.4 Å². The number of ether oxygens (including phenoxy) is 2. The smallest absolute Gasteiger partial charge is 0.338 e. The van der Waals surface area contributed by atoms with Crippen molar-refractivity contribution in [2.75, 3.05) is 13.2 Å². The Hall–Kier alpha value is -4.41. The molecule has 2 N–H and O–H groups in total. The number of rotatable bonds is 7. The zero-order valence-electron chi connectivity index (χ0n) is 18.9. The number of nitrogens with one attached hydrogen (secondary N) is 2. The summed E-state index contributed by atoms with van der Waals surface area (Å²) in [7, 11) is 2.80. The van der Waals surface area contributed by atoms with Crippen molar-refractivity contribution in [2.45, 2.75) is 13.0 Å². The van der Waals surface area contributed by atoms with Crippen molar-refractivity contribution in [2.24, 2.45) is 14.1 Å². The highest BCUT2D eigenvalue weighted by Gasteiger charge is 2.34. The summed E-state index contributed by atoms with van der Waals surface area (Å²) in [5.74, 6) is -1.49. The van der Waals surface area contributed by atoms with Crippen molar-refractivity contribution in [3.63, 3.8) is 0 Å². The summed E-state index contributed by atoms with van der Waals surface area (Å²) >= 11 is 0. The molecule has 1 aliphatic heterocycles. The zero-order chi connectivity index (χ0) is 24.8. The summed E-state index contributed by atoms with van der Waals surface area (Å²) in [4.78, 5) is 61.2. The molecule has 178 valence electrons. The van der Waals surface area contributed by atoms with E-state index >= 15 is 0 Å². The molecule has 1 atom stereocenters. The first-order valence-electron chi connectivity index (χ1n) is 10.4. The number of esters is 2. The Kier molecular flexibility index (Phi) is 7.46. The van der Waals surface area contributed by atoms with E-state index in [0.29, 0.717) is 5.56 Å². The monoisotopic (exact) mass is 468 g/mol. The Labute approximate surface area is 194 Å². The van der Waals surface area contributed by atoms with Crippen molar-refractivity contribution in [3.05, 3.63) is 85.8 Å². The van der Waals surface area contributed by atoms with E-state index in [1.807, 2.05) is 0 Å². The van der Waals surface area contributed by atoms with Gasteiger partial charge in [0.25, 0.3) is 5.56 Å². The van der Waals surface area contributed by atoms with Gasteiger partial charge < -0.3 is 24.7 Å². The lowest BCUT2D eigenvalue weighted by atomic mass is 9.95. The standard InChI is InChI=1S/C23H24N4O7/c1-4-33-21(30)18-16(24-22(31)25-19(18)14-8-6-5-7-9-14)13-34-17(28)11-10-15-12-26(2)23(32)27(3)20(15)29/h5-12,19H,4,13H2,1-3H3,(H2,24,25,31)/b11-10+/t19-/m0/s1. The molecule has 34 heavy (non-hydrogen) atoms. The number of aromatic nitrogens is 2. The number of amides is 2. The van der Waals surface area contributed by atoms with Crippen molar-refractivity contribution < 1.29 is 23.9 Å². The highest BCUT2D eigenvalue weighted by molar-refractivity contribution is 5.95. The first-order chi connectivity index (χ1) is 16.2. The first kappa shape index (κ1) is 24.2. The van der Waals surface area contributed by atoms with Crippen LogP contribution in [0.2, 0.25) is 0 Å². The van der Waals surface area contributed by atoms with Crippen LogP contribution >= 0.6 is 0 Å². The molecule has 1 aromatic heterocycles. The lowest BCUT2D eigenvalue weighted by Crippen LogP contribution is -2.47. The lowest BCUT2D eigenvalue weighted by Gasteiger charge is -2.29. The van der Waals surface area contributed by atoms with Crippen LogP contribution in [0, 0.1) is 0 Å². The number of benzene rings is 1. The van der Waals surface area contributed by atoms with Crippen LogP contribution in [0.25, 0.3) is 6.08 Å². The van der Waals surface area contributed by atoms with Crippen LogP contribution in [0.3, 0.4) is 0 Å². The maximum Gasteiger partial charge on any atom is 0.338 e. The second kappa shape index (κ2) is 10.5. The largest absolute Gasteiger partial charge is 0.463 e. The molecule has 0 unspecified atom stereocenters. The van der Waals surface area contributed by atoms with Crippen LogP contribution in [0.15, 0.2) is 63.5 Å². The van der Waals surface area contributed by atoms with Crippen LogP contribution in [-0.2, 0) is 33.2 Å². The van der Waals surface area contributed by atoms with E-state index in [0.717, 1.165) is 10.6 Å². The Balaban J connectivity index is 1.85. The van der Waals surface area contributed by atoms with Gasteiger partial charge in [-0.15, -0.1) is 0 Å². The van der Waals surface area contributed by atoms with Crippen molar-refractivity contribution in [3.8, 4) is 0 Å². The quantitative estimate of drug-likeness (QED) is 0.446. The number of carbonyl (C=O) groups is 3. The minimum atomic E-state index is -0.823. The summed E-state index contributed by atoms with van der Waals surface area (Å²) in [6, 6.07) is 7.45. The van der Waals surface area contributed by atoms with Crippen molar-refractivity contribution in [1.82, 2.24) is 19.8 Å². The molecular formula is C23H24N4O7. The van der Waals surface area contributed by atoms with E-state index in [1.165, 1.54) is 30.9 Å². The summed E-state index contributed by atoms with van der Waals surface area (Å²) in [5, 5.41) is 5.18. The third-order valence-electron chi connectivity index (χ3n) is 5.01. The molecule has 3 rings (SSSR count). The van der Waals surface area contributed by atoms with E-state index in [1.54, 1.807) is 37.3 Å². The fourth-order valence-corrected chi connectivity index (χ4v) is 3.38. The molecule has 0 fully saturated rings. The number of hydrogen-bond donors (Lipinski definition) is 2. The van der Waals surface area contributed by atoms with Crippen LogP contribution in [0.4, 0.5) is 4.79 Å². The average Bonchev–Trinajstić information content (AvgIpc) is 2.83. The minimum Gasteiger partial charge on any atom is -0.463 e. The summed E-state index contributed by atoms with van der Waals surface area (Å²) in [6.45, 7) is 1.35. The second-order valence-electron chi connectivity index (χ2n) is 7.34. The number of hydrogen-bond acceptors (Lipinski definition) is 7. The highest BCUT2D eigenvalue weighted by atomic mass is 16.5.